The van der Waals surface area contributed by atoms with E-state index in [9.17, 15) is 8.78 Å². The summed E-state index contributed by atoms with van der Waals surface area (Å²) in [7, 11) is 0. The predicted molar refractivity (Wildman–Crippen MR) is 55.8 cm³/mol. The number of hydrogen-bond acceptors (Lipinski definition) is 2. The standard InChI is InChI=1S/C11H11ClF2O2/c12-5-7-3-9(13)11(10(14)4-7)16-8-1-2-15-6-8/h3-4,8H,1-2,5-6H2. The second kappa shape index (κ2) is 4.97. The monoisotopic (exact) mass is 248 g/mol. The second-order valence-corrected chi connectivity index (χ2v) is 3.89. The van der Waals surface area contributed by atoms with Crippen LogP contribution in [0.3, 0.4) is 0 Å². The Morgan fingerprint density at radius 3 is 2.56 bits per heavy atom. The molecule has 5 heteroatoms. The van der Waals surface area contributed by atoms with E-state index < -0.39 is 11.6 Å². The largest absolute Gasteiger partial charge is 0.482 e. The number of alkyl halides is 1. The molecule has 88 valence electrons. The molecular formula is C11H11ClF2O2. The van der Waals surface area contributed by atoms with E-state index in [2.05, 4.69) is 0 Å². The molecule has 16 heavy (non-hydrogen) atoms. The summed E-state index contributed by atoms with van der Waals surface area (Å²) in [6, 6.07) is 2.36. The summed E-state index contributed by atoms with van der Waals surface area (Å²) in [6.45, 7) is 0.934. The summed E-state index contributed by atoms with van der Waals surface area (Å²) in [5.41, 5.74) is 0.395. The first kappa shape index (κ1) is 11.6. The lowest BCUT2D eigenvalue weighted by Gasteiger charge is -2.13. The molecule has 0 saturated carbocycles. The van der Waals surface area contributed by atoms with Gasteiger partial charge in [-0.25, -0.2) is 8.78 Å². The van der Waals surface area contributed by atoms with Gasteiger partial charge in [0.1, 0.15) is 6.10 Å². The molecular weight excluding hydrogens is 238 g/mol. The summed E-state index contributed by atoms with van der Waals surface area (Å²) in [5.74, 6) is -1.71. The van der Waals surface area contributed by atoms with Crippen LogP contribution < -0.4 is 4.74 Å². The third-order valence-electron chi connectivity index (χ3n) is 2.38. The summed E-state index contributed by atoms with van der Waals surface area (Å²) in [5, 5.41) is 0. The smallest absolute Gasteiger partial charge is 0.191 e. The maximum Gasteiger partial charge on any atom is 0.191 e. The van der Waals surface area contributed by atoms with Crippen molar-refractivity contribution in [2.24, 2.45) is 0 Å². The summed E-state index contributed by atoms with van der Waals surface area (Å²) < 4.78 is 37.3. The fourth-order valence-electron chi connectivity index (χ4n) is 1.57. The van der Waals surface area contributed by atoms with Crippen molar-refractivity contribution in [2.45, 2.75) is 18.4 Å². The van der Waals surface area contributed by atoms with Crippen LogP contribution >= 0.6 is 11.6 Å². The molecule has 0 aliphatic carbocycles. The highest BCUT2D eigenvalue weighted by Crippen LogP contribution is 2.26. The van der Waals surface area contributed by atoms with Crippen molar-refractivity contribution in [3.8, 4) is 5.75 Å². The van der Waals surface area contributed by atoms with Crippen molar-refractivity contribution in [1.29, 1.82) is 0 Å². The van der Waals surface area contributed by atoms with Gasteiger partial charge in [0.25, 0.3) is 0 Å². The Hall–Kier alpha value is -0.870. The van der Waals surface area contributed by atoms with Gasteiger partial charge in [0.15, 0.2) is 17.4 Å². The Morgan fingerprint density at radius 1 is 1.38 bits per heavy atom. The van der Waals surface area contributed by atoms with Crippen LogP contribution in [0.15, 0.2) is 12.1 Å². The molecule has 0 aromatic heterocycles. The first-order chi connectivity index (χ1) is 7.70. The molecule has 1 aliphatic heterocycles. The highest BCUT2D eigenvalue weighted by Gasteiger charge is 2.21. The molecule has 1 fully saturated rings. The first-order valence-electron chi connectivity index (χ1n) is 4.99. The van der Waals surface area contributed by atoms with E-state index in [4.69, 9.17) is 21.1 Å². The van der Waals surface area contributed by atoms with Gasteiger partial charge in [-0.15, -0.1) is 11.6 Å². The minimum atomic E-state index is -0.720. The molecule has 2 nitrogen and oxygen atoms in total. The number of hydrogen-bond donors (Lipinski definition) is 0. The van der Waals surface area contributed by atoms with E-state index in [0.717, 1.165) is 0 Å². The Balaban J connectivity index is 2.19. The molecule has 1 heterocycles. The molecule has 1 atom stereocenters. The lowest BCUT2D eigenvalue weighted by Crippen LogP contribution is -2.17. The van der Waals surface area contributed by atoms with Gasteiger partial charge >= 0.3 is 0 Å². The van der Waals surface area contributed by atoms with Gasteiger partial charge in [-0.05, 0) is 17.7 Å². The van der Waals surface area contributed by atoms with Gasteiger partial charge in [0.05, 0.1) is 13.2 Å². The minimum Gasteiger partial charge on any atom is -0.482 e. The minimum absolute atomic E-state index is 0.0701. The van der Waals surface area contributed by atoms with Gasteiger partial charge in [-0.1, -0.05) is 0 Å². The van der Waals surface area contributed by atoms with Crippen molar-refractivity contribution < 1.29 is 18.3 Å². The van der Waals surface area contributed by atoms with E-state index >= 15 is 0 Å². The number of ether oxygens (including phenoxy) is 2. The van der Waals surface area contributed by atoms with Crippen LogP contribution in [0.5, 0.6) is 5.75 Å². The topological polar surface area (TPSA) is 18.5 Å². The Kier molecular flexibility index (Phi) is 3.61. The highest BCUT2D eigenvalue weighted by atomic mass is 35.5. The maximum absolute atomic E-state index is 13.5. The third-order valence-corrected chi connectivity index (χ3v) is 2.69. The van der Waals surface area contributed by atoms with Crippen LogP contribution in [0.2, 0.25) is 0 Å². The fraction of sp³-hybridized carbons (Fsp3) is 0.455. The Labute approximate surface area is 97.1 Å². The zero-order valence-corrected chi connectivity index (χ0v) is 9.27. The predicted octanol–water partition coefficient (Wildman–Crippen LogP) is 2.87. The molecule has 0 N–H and O–H groups in total. The van der Waals surface area contributed by atoms with E-state index in [1.165, 1.54) is 12.1 Å². The van der Waals surface area contributed by atoms with Gasteiger partial charge in [0, 0.05) is 12.3 Å². The summed E-state index contributed by atoms with van der Waals surface area (Å²) in [4.78, 5) is 0. The zero-order chi connectivity index (χ0) is 11.5. The molecule has 0 spiro atoms. The lowest BCUT2D eigenvalue weighted by molar-refractivity contribution is 0.134. The normalized spacial score (nSPS) is 20.1. The molecule has 0 amide bonds. The second-order valence-electron chi connectivity index (χ2n) is 3.63. The van der Waals surface area contributed by atoms with Crippen molar-refractivity contribution in [3.63, 3.8) is 0 Å². The molecule has 1 unspecified atom stereocenters. The third kappa shape index (κ3) is 2.44. The van der Waals surface area contributed by atoms with Gasteiger partial charge in [-0.2, -0.15) is 0 Å². The van der Waals surface area contributed by atoms with Crippen LogP contribution in [0.4, 0.5) is 8.78 Å². The SMILES string of the molecule is Fc1cc(CCl)cc(F)c1OC1CCOC1. The van der Waals surface area contributed by atoms with Crippen LogP contribution in [0, 0.1) is 11.6 Å². The molecule has 1 aromatic carbocycles. The quantitative estimate of drug-likeness (QED) is 0.766. The van der Waals surface area contributed by atoms with Crippen LogP contribution in [0.25, 0.3) is 0 Å². The van der Waals surface area contributed by atoms with Gasteiger partial charge < -0.3 is 9.47 Å². The molecule has 0 radical (unpaired) electrons. The van der Waals surface area contributed by atoms with Gasteiger partial charge in [-0.3, -0.25) is 0 Å². The van der Waals surface area contributed by atoms with Crippen molar-refractivity contribution in [3.05, 3.63) is 29.3 Å². The van der Waals surface area contributed by atoms with Crippen LogP contribution in [0.1, 0.15) is 12.0 Å². The average molecular weight is 249 g/mol. The van der Waals surface area contributed by atoms with E-state index in [-0.39, 0.29) is 17.7 Å². The average Bonchev–Trinajstić information content (AvgIpc) is 2.75. The fourth-order valence-corrected chi connectivity index (χ4v) is 1.73. The van der Waals surface area contributed by atoms with E-state index in [1.54, 1.807) is 0 Å². The van der Waals surface area contributed by atoms with Crippen molar-refractivity contribution in [2.75, 3.05) is 13.2 Å². The molecule has 2 rings (SSSR count). The summed E-state index contributed by atoms with van der Waals surface area (Å²) >= 11 is 5.50. The Bertz CT molecular complexity index is 355. The van der Waals surface area contributed by atoms with E-state index in [0.29, 0.717) is 25.2 Å². The molecule has 1 saturated heterocycles. The Morgan fingerprint density at radius 2 is 2.06 bits per heavy atom. The summed E-state index contributed by atoms with van der Waals surface area (Å²) in [6.07, 6.45) is 0.377. The lowest BCUT2D eigenvalue weighted by atomic mass is 10.2. The van der Waals surface area contributed by atoms with Crippen LogP contribution in [-0.4, -0.2) is 19.3 Å². The number of halogens is 3. The maximum atomic E-state index is 13.5. The number of rotatable bonds is 3. The van der Waals surface area contributed by atoms with Crippen molar-refractivity contribution >= 4 is 11.6 Å². The van der Waals surface area contributed by atoms with Gasteiger partial charge in [0.2, 0.25) is 0 Å². The molecule has 1 aliphatic rings. The van der Waals surface area contributed by atoms with Crippen molar-refractivity contribution in [1.82, 2.24) is 0 Å². The highest BCUT2D eigenvalue weighted by molar-refractivity contribution is 6.17. The first-order valence-corrected chi connectivity index (χ1v) is 5.52. The van der Waals surface area contributed by atoms with E-state index in [1.807, 2.05) is 0 Å². The number of benzene rings is 1. The zero-order valence-electron chi connectivity index (χ0n) is 8.51. The van der Waals surface area contributed by atoms with Crippen LogP contribution in [-0.2, 0) is 10.6 Å². The molecule has 0 bridgehead atoms. The molecule has 1 aromatic rings.